The fraction of sp³-hybridized carbons (Fsp3) is 0.294. The number of aryl methyl sites for hydroxylation is 1. The number of hydrogen-bond acceptors (Lipinski definition) is 3. The van der Waals surface area contributed by atoms with Crippen LogP contribution in [0.3, 0.4) is 0 Å². The average Bonchev–Trinajstić information content (AvgIpc) is 2.45. The van der Waals surface area contributed by atoms with Crippen molar-refractivity contribution in [3.8, 4) is 17.2 Å². The Bertz CT molecular complexity index is 661. The van der Waals surface area contributed by atoms with E-state index in [4.69, 9.17) is 11.0 Å². The summed E-state index contributed by atoms with van der Waals surface area (Å²) in [5.41, 5.74) is 10.5. The minimum atomic E-state index is -0.447. The first-order valence-corrected chi connectivity index (χ1v) is 6.74. The molecule has 2 aromatic rings. The zero-order valence-electron chi connectivity index (χ0n) is 12.1. The first kappa shape index (κ1) is 14.2. The van der Waals surface area contributed by atoms with Gasteiger partial charge in [-0.25, -0.2) is 0 Å². The summed E-state index contributed by atoms with van der Waals surface area (Å²) in [6.07, 6.45) is 2.76. The SMILES string of the molecule is CCc1cc(C(C)(C)N)ncc1-c1cccc(C#N)c1. The summed E-state index contributed by atoms with van der Waals surface area (Å²) in [4.78, 5) is 4.48. The largest absolute Gasteiger partial charge is 0.321 e. The summed E-state index contributed by atoms with van der Waals surface area (Å²) in [5, 5.41) is 9.00. The van der Waals surface area contributed by atoms with Crippen LogP contribution in [0.5, 0.6) is 0 Å². The highest BCUT2D eigenvalue weighted by Gasteiger charge is 2.17. The van der Waals surface area contributed by atoms with E-state index in [0.717, 1.165) is 23.2 Å². The Labute approximate surface area is 120 Å². The molecule has 0 bridgehead atoms. The standard InChI is InChI=1S/C17H19N3/c1-4-13-9-16(17(2,3)19)20-11-15(13)14-7-5-6-12(8-14)10-18/h5-9,11H,4,19H2,1-3H3. The summed E-state index contributed by atoms with van der Waals surface area (Å²) in [6, 6.07) is 11.8. The smallest absolute Gasteiger partial charge is 0.0991 e. The van der Waals surface area contributed by atoms with Crippen molar-refractivity contribution >= 4 is 0 Å². The monoisotopic (exact) mass is 265 g/mol. The molecule has 0 atom stereocenters. The second-order valence-corrected chi connectivity index (χ2v) is 5.49. The average molecular weight is 265 g/mol. The summed E-state index contributed by atoms with van der Waals surface area (Å²) >= 11 is 0. The lowest BCUT2D eigenvalue weighted by Gasteiger charge is -2.20. The molecule has 0 saturated carbocycles. The number of aromatic nitrogens is 1. The summed E-state index contributed by atoms with van der Waals surface area (Å²) < 4.78 is 0. The molecular weight excluding hydrogens is 246 g/mol. The molecule has 1 aromatic heterocycles. The molecule has 0 aliphatic heterocycles. The van der Waals surface area contributed by atoms with Gasteiger partial charge in [0, 0.05) is 11.8 Å². The first-order chi connectivity index (χ1) is 9.45. The molecule has 2 N–H and O–H groups in total. The quantitative estimate of drug-likeness (QED) is 0.925. The third-order valence-corrected chi connectivity index (χ3v) is 3.33. The van der Waals surface area contributed by atoms with Crippen molar-refractivity contribution in [2.75, 3.05) is 0 Å². The van der Waals surface area contributed by atoms with Crippen LogP contribution in [-0.2, 0) is 12.0 Å². The third kappa shape index (κ3) is 2.87. The van der Waals surface area contributed by atoms with Crippen LogP contribution in [0.4, 0.5) is 0 Å². The van der Waals surface area contributed by atoms with E-state index in [0.29, 0.717) is 5.56 Å². The topological polar surface area (TPSA) is 62.7 Å². The van der Waals surface area contributed by atoms with Crippen LogP contribution in [-0.4, -0.2) is 4.98 Å². The van der Waals surface area contributed by atoms with Gasteiger partial charge in [-0.3, -0.25) is 4.98 Å². The van der Waals surface area contributed by atoms with Gasteiger partial charge in [0.1, 0.15) is 0 Å². The fourth-order valence-corrected chi connectivity index (χ4v) is 2.16. The van der Waals surface area contributed by atoms with Crippen molar-refractivity contribution in [1.82, 2.24) is 4.98 Å². The molecule has 0 spiro atoms. The molecule has 0 fully saturated rings. The minimum absolute atomic E-state index is 0.447. The highest BCUT2D eigenvalue weighted by molar-refractivity contribution is 5.68. The van der Waals surface area contributed by atoms with Gasteiger partial charge >= 0.3 is 0 Å². The maximum atomic E-state index is 9.00. The van der Waals surface area contributed by atoms with Gasteiger partial charge in [0.2, 0.25) is 0 Å². The Morgan fingerprint density at radius 1 is 1.30 bits per heavy atom. The van der Waals surface area contributed by atoms with Crippen LogP contribution in [0.15, 0.2) is 36.5 Å². The van der Waals surface area contributed by atoms with Crippen molar-refractivity contribution in [3.63, 3.8) is 0 Å². The van der Waals surface area contributed by atoms with Gasteiger partial charge in [0.25, 0.3) is 0 Å². The number of nitrogens with two attached hydrogens (primary N) is 1. The zero-order valence-corrected chi connectivity index (χ0v) is 12.1. The molecule has 0 unspecified atom stereocenters. The highest BCUT2D eigenvalue weighted by atomic mass is 14.8. The lowest BCUT2D eigenvalue weighted by atomic mass is 9.94. The molecule has 3 nitrogen and oxygen atoms in total. The molecule has 0 aliphatic carbocycles. The van der Waals surface area contributed by atoms with Crippen molar-refractivity contribution in [1.29, 1.82) is 5.26 Å². The lowest BCUT2D eigenvalue weighted by Crippen LogP contribution is -2.30. The van der Waals surface area contributed by atoms with Gasteiger partial charge in [-0.05, 0) is 49.6 Å². The van der Waals surface area contributed by atoms with Crippen molar-refractivity contribution in [2.24, 2.45) is 5.73 Å². The molecule has 0 radical (unpaired) electrons. The predicted octanol–water partition coefficient (Wildman–Crippen LogP) is 3.38. The number of rotatable bonds is 3. The van der Waals surface area contributed by atoms with E-state index in [1.165, 1.54) is 5.56 Å². The van der Waals surface area contributed by atoms with E-state index in [1.54, 1.807) is 6.07 Å². The Morgan fingerprint density at radius 2 is 2.05 bits per heavy atom. The molecular formula is C17H19N3. The molecule has 1 aromatic carbocycles. The Kier molecular flexibility index (Phi) is 3.87. The van der Waals surface area contributed by atoms with E-state index in [9.17, 15) is 0 Å². The van der Waals surface area contributed by atoms with Crippen LogP contribution in [0.2, 0.25) is 0 Å². The highest BCUT2D eigenvalue weighted by Crippen LogP contribution is 2.27. The van der Waals surface area contributed by atoms with Crippen molar-refractivity contribution in [3.05, 3.63) is 53.3 Å². The molecule has 0 saturated heterocycles. The number of hydrogen-bond donors (Lipinski definition) is 1. The second kappa shape index (κ2) is 5.44. The number of benzene rings is 1. The van der Waals surface area contributed by atoms with E-state index >= 15 is 0 Å². The first-order valence-electron chi connectivity index (χ1n) is 6.74. The van der Waals surface area contributed by atoms with Crippen LogP contribution in [0, 0.1) is 11.3 Å². The van der Waals surface area contributed by atoms with E-state index < -0.39 is 5.54 Å². The predicted molar refractivity (Wildman–Crippen MR) is 81.0 cm³/mol. The molecule has 102 valence electrons. The van der Waals surface area contributed by atoms with Crippen LogP contribution >= 0.6 is 0 Å². The zero-order chi connectivity index (χ0) is 14.8. The van der Waals surface area contributed by atoms with Gasteiger partial charge in [-0.2, -0.15) is 5.26 Å². The Morgan fingerprint density at radius 3 is 2.65 bits per heavy atom. The van der Waals surface area contributed by atoms with Crippen molar-refractivity contribution < 1.29 is 0 Å². The Balaban J connectivity index is 2.55. The van der Waals surface area contributed by atoms with Crippen molar-refractivity contribution in [2.45, 2.75) is 32.7 Å². The number of pyridine rings is 1. The second-order valence-electron chi connectivity index (χ2n) is 5.49. The molecule has 20 heavy (non-hydrogen) atoms. The molecule has 0 amide bonds. The summed E-state index contributed by atoms with van der Waals surface area (Å²) in [5.74, 6) is 0. The molecule has 2 rings (SSSR count). The summed E-state index contributed by atoms with van der Waals surface area (Å²) in [7, 11) is 0. The van der Waals surface area contributed by atoms with E-state index in [1.807, 2.05) is 38.2 Å². The summed E-state index contributed by atoms with van der Waals surface area (Å²) in [6.45, 7) is 6.01. The number of nitriles is 1. The van der Waals surface area contributed by atoms with Gasteiger partial charge in [0.05, 0.1) is 22.9 Å². The molecule has 0 aliphatic rings. The van der Waals surface area contributed by atoms with Crippen LogP contribution in [0.1, 0.15) is 37.6 Å². The lowest BCUT2D eigenvalue weighted by molar-refractivity contribution is 0.534. The van der Waals surface area contributed by atoms with Gasteiger partial charge < -0.3 is 5.73 Å². The van der Waals surface area contributed by atoms with Gasteiger partial charge in [-0.15, -0.1) is 0 Å². The molecule has 1 heterocycles. The van der Waals surface area contributed by atoms with Gasteiger partial charge in [-0.1, -0.05) is 19.1 Å². The van der Waals surface area contributed by atoms with Crippen LogP contribution < -0.4 is 5.73 Å². The maximum Gasteiger partial charge on any atom is 0.0991 e. The number of nitrogens with zero attached hydrogens (tertiary/aromatic N) is 2. The van der Waals surface area contributed by atoms with Crippen LogP contribution in [0.25, 0.3) is 11.1 Å². The maximum absolute atomic E-state index is 9.00. The third-order valence-electron chi connectivity index (χ3n) is 3.33. The molecule has 3 heteroatoms. The Hall–Kier alpha value is -2.18. The van der Waals surface area contributed by atoms with Gasteiger partial charge in [0.15, 0.2) is 0 Å². The van der Waals surface area contributed by atoms with E-state index in [-0.39, 0.29) is 0 Å². The van der Waals surface area contributed by atoms with E-state index in [2.05, 4.69) is 24.0 Å². The normalized spacial score (nSPS) is 11.2. The fourth-order valence-electron chi connectivity index (χ4n) is 2.16. The minimum Gasteiger partial charge on any atom is -0.321 e.